The standard InChI is InChI=1S/C56H38N4/c1-5-15-39(16-6-1)41-27-31-45(32-28-41)54-58-55(46-33-29-42(30-34-46)40-17-7-2-8-18-40)60-56(59-54)50-26-14-24-48(36-50)47-23-13-25-49(35-47)51-37-52(43-19-9-3-10-20-43)53(57-38-51)44-21-11-4-12-22-44/h1-38H. The van der Waals surface area contributed by atoms with Crippen molar-refractivity contribution in [2.75, 3.05) is 0 Å². The van der Waals surface area contributed by atoms with E-state index in [1.807, 2.05) is 30.5 Å². The molecule has 0 aliphatic carbocycles. The van der Waals surface area contributed by atoms with Crippen LogP contribution < -0.4 is 0 Å². The molecule has 4 heteroatoms. The van der Waals surface area contributed by atoms with Crippen LogP contribution in [-0.4, -0.2) is 19.9 Å². The number of pyridine rings is 1. The molecule has 0 aliphatic heterocycles. The molecule has 2 aromatic heterocycles. The zero-order chi connectivity index (χ0) is 40.1. The molecule has 0 atom stereocenters. The SMILES string of the molecule is c1ccc(-c2ccc(-c3nc(-c4ccc(-c5ccccc5)cc4)nc(-c4cccc(-c5cccc(-c6cnc(-c7ccccc7)c(-c7ccccc7)c6)c5)c4)n3)cc2)cc1. The normalized spacial score (nSPS) is 11.0. The van der Waals surface area contributed by atoms with Gasteiger partial charge in [-0.25, -0.2) is 15.0 Å². The van der Waals surface area contributed by atoms with Crippen LogP contribution in [0.5, 0.6) is 0 Å². The van der Waals surface area contributed by atoms with Gasteiger partial charge in [0.05, 0.1) is 5.69 Å². The Kier molecular flexibility index (Phi) is 9.92. The lowest BCUT2D eigenvalue weighted by Crippen LogP contribution is -2.00. The molecule has 282 valence electrons. The molecule has 10 aromatic rings. The molecule has 0 radical (unpaired) electrons. The molecule has 0 amide bonds. The molecule has 0 aliphatic rings. The van der Waals surface area contributed by atoms with Gasteiger partial charge in [-0.3, -0.25) is 4.98 Å². The first-order valence-electron chi connectivity index (χ1n) is 20.1. The summed E-state index contributed by atoms with van der Waals surface area (Å²) in [6.45, 7) is 0. The number of aromatic nitrogens is 4. The minimum atomic E-state index is 0.612. The quantitative estimate of drug-likeness (QED) is 0.147. The maximum absolute atomic E-state index is 5.11. The highest BCUT2D eigenvalue weighted by atomic mass is 15.0. The molecule has 8 aromatic carbocycles. The summed E-state index contributed by atoms with van der Waals surface area (Å²) in [6, 6.07) is 77.9. The zero-order valence-electron chi connectivity index (χ0n) is 32.7. The van der Waals surface area contributed by atoms with Gasteiger partial charge in [0.25, 0.3) is 0 Å². The van der Waals surface area contributed by atoms with Crippen LogP contribution in [0.3, 0.4) is 0 Å². The maximum Gasteiger partial charge on any atom is 0.164 e. The van der Waals surface area contributed by atoms with Crippen molar-refractivity contribution in [1.29, 1.82) is 0 Å². The predicted octanol–water partition coefficient (Wildman–Crippen LogP) is 14.3. The van der Waals surface area contributed by atoms with Crippen LogP contribution in [0.2, 0.25) is 0 Å². The Bertz CT molecular complexity index is 2940. The van der Waals surface area contributed by atoms with E-state index in [0.29, 0.717) is 17.5 Å². The Morgan fingerprint density at radius 3 is 1.03 bits per heavy atom. The third-order valence-corrected chi connectivity index (χ3v) is 10.8. The summed E-state index contributed by atoms with van der Waals surface area (Å²) in [7, 11) is 0. The highest BCUT2D eigenvalue weighted by Crippen LogP contribution is 2.36. The molecular weight excluding hydrogens is 729 g/mol. The molecule has 0 unspecified atom stereocenters. The van der Waals surface area contributed by atoms with Crippen molar-refractivity contribution < 1.29 is 0 Å². The lowest BCUT2D eigenvalue weighted by molar-refractivity contribution is 1.07. The minimum absolute atomic E-state index is 0.612. The van der Waals surface area contributed by atoms with Crippen molar-refractivity contribution in [3.8, 4) is 101 Å². The molecule has 0 spiro atoms. The van der Waals surface area contributed by atoms with Crippen LogP contribution >= 0.6 is 0 Å². The molecule has 0 N–H and O–H groups in total. The molecule has 0 bridgehead atoms. The molecular formula is C56H38N4. The second-order valence-corrected chi connectivity index (χ2v) is 14.7. The summed E-state index contributed by atoms with van der Waals surface area (Å²) in [6.07, 6.45) is 1.98. The number of hydrogen-bond donors (Lipinski definition) is 0. The van der Waals surface area contributed by atoms with Crippen molar-refractivity contribution >= 4 is 0 Å². The number of rotatable bonds is 9. The summed E-state index contributed by atoms with van der Waals surface area (Å²) in [5, 5.41) is 0. The Hall–Kier alpha value is -8.08. The smallest absolute Gasteiger partial charge is 0.164 e. The first-order chi connectivity index (χ1) is 29.7. The first kappa shape index (κ1) is 36.3. The second-order valence-electron chi connectivity index (χ2n) is 14.7. The number of hydrogen-bond acceptors (Lipinski definition) is 4. The molecule has 0 saturated carbocycles. The fourth-order valence-electron chi connectivity index (χ4n) is 7.65. The average Bonchev–Trinajstić information content (AvgIpc) is 3.35. The van der Waals surface area contributed by atoms with E-state index in [0.717, 1.165) is 83.6 Å². The first-order valence-corrected chi connectivity index (χ1v) is 20.1. The maximum atomic E-state index is 5.11. The van der Waals surface area contributed by atoms with Gasteiger partial charge in [-0.05, 0) is 62.7 Å². The summed E-state index contributed by atoms with van der Waals surface area (Å²) in [4.78, 5) is 20.3. The van der Waals surface area contributed by atoms with Crippen molar-refractivity contribution in [2.45, 2.75) is 0 Å². The van der Waals surface area contributed by atoms with E-state index in [4.69, 9.17) is 19.9 Å². The van der Waals surface area contributed by atoms with Crippen molar-refractivity contribution in [3.05, 3.63) is 231 Å². The summed E-state index contributed by atoms with van der Waals surface area (Å²) in [5.74, 6) is 1.85. The van der Waals surface area contributed by atoms with Gasteiger partial charge in [-0.15, -0.1) is 0 Å². The molecule has 2 heterocycles. The van der Waals surface area contributed by atoms with Crippen molar-refractivity contribution in [3.63, 3.8) is 0 Å². The molecule has 4 nitrogen and oxygen atoms in total. The van der Waals surface area contributed by atoms with Crippen LogP contribution in [0.1, 0.15) is 0 Å². The van der Waals surface area contributed by atoms with Gasteiger partial charge in [-0.2, -0.15) is 0 Å². The molecule has 60 heavy (non-hydrogen) atoms. The van der Waals surface area contributed by atoms with Gasteiger partial charge in [0, 0.05) is 39.6 Å². The van der Waals surface area contributed by atoms with E-state index in [2.05, 4.69) is 200 Å². The van der Waals surface area contributed by atoms with Crippen LogP contribution in [0.4, 0.5) is 0 Å². The zero-order valence-corrected chi connectivity index (χ0v) is 32.7. The Labute approximate surface area is 350 Å². The number of benzene rings is 8. The van der Waals surface area contributed by atoms with Crippen LogP contribution in [0.25, 0.3) is 101 Å². The van der Waals surface area contributed by atoms with Gasteiger partial charge in [0.1, 0.15) is 0 Å². The van der Waals surface area contributed by atoms with Gasteiger partial charge in [-0.1, -0.05) is 206 Å². The fourth-order valence-corrected chi connectivity index (χ4v) is 7.65. The Balaban J connectivity index is 1.03. The summed E-state index contributed by atoms with van der Waals surface area (Å²) in [5.41, 5.74) is 15.9. The highest BCUT2D eigenvalue weighted by Gasteiger charge is 2.15. The van der Waals surface area contributed by atoms with Gasteiger partial charge < -0.3 is 0 Å². The number of nitrogens with zero attached hydrogens (tertiary/aromatic N) is 4. The van der Waals surface area contributed by atoms with Crippen molar-refractivity contribution in [1.82, 2.24) is 19.9 Å². The van der Waals surface area contributed by atoms with E-state index in [-0.39, 0.29) is 0 Å². The third-order valence-electron chi connectivity index (χ3n) is 10.8. The van der Waals surface area contributed by atoms with E-state index in [1.165, 1.54) is 0 Å². The summed E-state index contributed by atoms with van der Waals surface area (Å²) >= 11 is 0. The second kappa shape index (κ2) is 16.4. The van der Waals surface area contributed by atoms with Crippen LogP contribution in [0, 0.1) is 0 Å². The lowest BCUT2D eigenvalue weighted by atomic mass is 9.94. The summed E-state index contributed by atoms with van der Waals surface area (Å²) < 4.78 is 0. The van der Waals surface area contributed by atoms with Crippen LogP contribution in [0.15, 0.2) is 231 Å². The molecule has 0 fully saturated rings. The molecule has 0 saturated heterocycles. The minimum Gasteiger partial charge on any atom is -0.255 e. The average molecular weight is 767 g/mol. The molecule has 10 rings (SSSR count). The van der Waals surface area contributed by atoms with E-state index in [1.54, 1.807) is 0 Å². The van der Waals surface area contributed by atoms with E-state index < -0.39 is 0 Å². The lowest BCUT2D eigenvalue weighted by Gasteiger charge is -2.13. The topological polar surface area (TPSA) is 51.6 Å². The highest BCUT2D eigenvalue weighted by molar-refractivity contribution is 5.85. The van der Waals surface area contributed by atoms with E-state index in [9.17, 15) is 0 Å². The Morgan fingerprint density at radius 2 is 0.550 bits per heavy atom. The van der Waals surface area contributed by atoms with Crippen molar-refractivity contribution in [2.24, 2.45) is 0 Å². The predicted molar refractivity (Wildman–Crippen MR) is 247 cm³/mol. The van der Waals surface area contributed by atoms with E-state index >= 15 is 0 Å². The Morgan fingerprint density at radius 1 is 0.217 bits per heavy atom. The van der Waals surface area contributed by atoms with Gasteiger partial charge in [0.2, 0.25) is 0 Å². The monoisotopic (exact) mass is 766 g/mol. The largest absolute Gasteiger partial charge is 0.255 e. The fraction of sp³-hybridized carbons (Fsp3) is 0. The van der Waals surface area contributed by atoms with Gasteiger partial charge >= 0.3 is 0 Å². The third kappa shape index (κ3) is 7.66. The van der Waals surface area contributed by atoms with Crippen LogP contribution in [-0.2, 0) is 0 Å². The van der Waals surface area contributed by atoms with Gasteiger partial charge in [0.15, 0.2) is 17.5 Å².